The Kier molecular flexibility index (Phi) is 3.02. The van der Waals surface area contributed by atoms with Crippen LogP contribution in [0.15, 0.2) is 29.1 Å². The molecule has 5 heteroatoms. The highest BCUT2D eigenvalue weighted by atomic mass is 35.5. The van der Waals surface area contributed by atoms with Crippen LogP contribution in [0, 0.1) is 6.92 Å². The van der Waals surface area contributed by atoms with Crippen molar-refractivity contribution in [2.75, 3.05) is 0 Å². The number of hydrogen-bond acceptors (Lipinski definition) is 2. The largest absolute Gasteiger partial charge is 0.459 e. The molecule has 0 bridgehead atoms. The summed E-state index contributed by atoms with van der Waals surface area (Å²) < 4.78 is 8.13. The Labute approximate surface area is 132 Å². The molecule has 0 N–H and O–H groups in total. The first-order valence-corrected chi connectivity index (χ1v) is 7.79. The molecule has 21 heavy (non-hydrogen) atoms. The Balaban J connectivity index is 1.98. The summed E-state index contributed by atoms with van der Waals surface area (Å²) in [4.78, 5) is 4.29. The van der Waals surface area contributed by atoms with E-state index in [2.05, 4.69) is 9.55 Å². The van der Waals surface area contributed by atoms with Gasteiger partial charge in [-0.1, -0.05) is 23.2 Å². The van der Waals surface area contributed by atoms with Crippen LogP contribution in [0.4, 0.5) is 0 Å². The number of rotatable bonds is 1. The summed E-state index contributed by atoms with van der Waals surface area (Å²) >= 11 is 12.4. The Morgan fingerprint density at radius 2 is 2.19 bits per heavy atom. The van der Waals surface area contributed by atoms with Gasteiger partial charge >= 0.3 is 0 Å². The molecule has 1 atom stereocenters. The molecule has 0 fully saturated rings. The van der Waals surface area contributed by atoms with E-state index in [0.29, 0.717) is 10.0 Å². The number of fused-ring (bicyclic) bond motifs is 2. The SMILES string of the molecule is Cc1oc2c(Cl)cc(Cl)cc2c1C1CCCn2cncc21. The standard InChI is InChI=1S/C16H14Cl2N2O/c1-9-15(11-3-2-4-20-8-19-7-14(11)20)12-5-10(17)6-13(18)16(12)21-9/h5-8,11H,2-4H2,1H3. The highest BCUT2D eigenvalue weighted by molar-refractivity contribution is 6.38. The quantitative estimate of drug-likeness (QED) is 0.619. The van der Waals surface area contributed by atoms with Crippen LogP contribution in [0.5, 0.6) is 0 Å². The number of imidazole rings is 1. The van der Waals surface area contributed by atoms with Crippen molar-refractivity contribution in [2.24, 2.45) is 0 Å². The molecule has 0 saturated heterocycles. The number of hydrogen-bond donors (Lipinski definition) is 0. The summed E-state index contributed by atoms with van der Waals surface area (Å²) in [5, 5.41) is 2.22. The molecule has 1 aromatic carbocycles. The average Bonchev–Trinajstić information content (AvgIpc) is 3.02. The second kappa shape index (κ2) is 4.79. The minimum atomic E-state index is 0.289. The zero-order valence-electron chi connectivity index (χ0n) is 11.6. The average molecular weight is 321 g/mol. The molecular weight excluding hydrogens is 307 g/mol. The van der Waals surface area contributed by atoms with Crippen molar-refractivity contribution in [1.29, 1.82) is 0 Å². The summed E-state index contributed by atoms with van der Waals surface area (Å²) in [6.07, 6.45) is 6.08. The number of aromatic nitrogens is 2. The van der Waals surface area contributed by atoms with E-state index in [0.717, 1.165) is 36.1 Å². The van der Waals surface area contributed by atoms with Crippen molar-refractivity contribution < 1.29 is 4.42 Å². The summed E-state index contributed by atoms with van der Waals surface area (Å²) in [5.74, 6) is 1.20. The maximum atomic E-state index is 6.27. The maximum Gasteiger partial charge on any atom is 0.153 e. The van der Waals surface area contributed by atoms with Crippen LogP contribution < -0.4 is 0 Å². The van der Waals surface area contributed by atoms with Crippen LogP contribution in [-0.2, 0) is 6.54 Å². The smallest absolute Gasteiger partial charge is 0.153 e. The highest BCUT2D eigenvalue weighted by Gasteiger charge is 2.28. The number of furan rings is 1. The second-order valence-electron chi connectivity index (χ2n) is 5.54. The van der Waals surface area contributed by atoms with Gasteiger partial charge in [0, 0.05) is 40.3 Å². The van der Waals surface area contributed by atoms with E-state index >= 15 is 0 Å². The predicted molar refractivity (Wildman–Crippen MR) is 84.3 cm³/mol. The number of benzene rings is 1. The second-order valence-corrected chi connectivity index (χ2v) is 6.39. The molecular formula is C16H14Cl2N2O. The molecule has 1 unspecified atom stereocenters. The highest BCUT2D eigenvalue weighted by Crippen LogP contribution is 2.42. The third-order valence-corrected chi connectivity index (χ3v) is 4.77. The summed E-state index contributed by atoms with van der Waals surface area (Å²) in [5.41, 5.74) is 3.16. The molecule has 4 rings (SSSR count). The van der Waals surface area contributed by atoms with Crippen molar-refractivity contribution in [2.45, 2.75) is 32.2 Å². The zero-order chi connectivity index (χ0) is 14.6. The Bertz CT molecular complexity index is 834. The molecule has 0 radical (unpaired) electrons. The third kappa shape index (κ3) is 1.99. The van der Waals surface area contributed by atoms with Gasteiger partial charge in [-0.05, 0) is 31.9 Å². The van der Waals surface area contributed by atoms with Gasteiger partial charge < -0.3 is 8.98 Å². The van der Waals surface area contributed by atoms with Gasteiger partial charge in [-0.3, -0.25) is 0 Å². The Morgan fingerprint density at radius 1 is 1.33 bits per heavy atom. The van der Waals surface area contributed by atoms with Crippen molar-refractivity contribution in [3.8, 4) is 0 Å². The zero-order valence-corrected chi connectivity index (χ0v) is 13.1. The first kappa shape index (κ1) is 13.2. The van der Waals surface area contributed by atoms with Gasteiger partial charge in [-0.2, -0.15) is 0 Å². The minimum absolute atomic E-state index is 0.289. The van der Waals surface area contributed by atoms with Crippen LogP contribution in [0.2, 0.25) is 10.0 Å². The Morgan fingerprint density at radius 3 is 3.05 bits per heavy atom. The van der Waals surface area contributed by atoms with Gasteiger partial charge in [-0.15, -0.1) is 0 Å². The van der Waals surface area contributed by atoms with Crippen LogP contribution in [-0.4, -0.2) is 9.55 Å². The summed E-state index contributed by atoms with van der Waals surface area (Å²) in [6.45, 7) is 3.02. The Hall–Kier alpha value is -1.45. The lowest BCUT2D eigenvalue weighted by Crippen LogP contribution is -2.15. The third-order valence-electron chi connectivity index (χ3n) is 4.27. The molecule has 108 valence electrons. The molecule has 1 aliphatic heterocycles. The molecule has 1 aliphatic rings. The summed E-state index contributed by atoms with van der Waals surface area (Å²) in [7, 11) is 0. The molecule has 0 spiro atoms. The first-order valence-electron chi connectivity index (χ1n) is 7.03. The van der Waals surface area contributed by atoms with E-state index < -0.39 is 0 Å². The van der Waals surface area contributed by atoms with Crippen LogP contribution in [0.3, 0.4) is 0 Å². The molecule has 0 amide bonds. The molecule has 0 aliphatic carbocycles. The van der Waals surface area contributed by atoms with Crippen LogP contribution in [0.25, 0.3) is 11.0 Å². The fourth-order valence-electron chi connectivity index (χ4n) is 3.41. The molecule has 3 aromatic rings. The number of nitrogens with zero attached hydrogens (tertiary/aromatic N) is 2. The lowest BCUT2D eigenvalue weighted by atomic mass is 9.87. The predicted octanol–water partition coefficient (Wildman–Crippen LogP) is 5.17. The van der Waals surface area contributed by atoms with Gasteiger partial charge in [0.2, 0.25) is 0 Å². The first-order chi connectivity index (χ1) is 10.1. The van der Waals surface area contributed by atoms with E-state index in [4.69, 9.17) is 27.6 Å². The van der Waals surface area contributed by atoms with Gasteiger partial charge in [-0.25, -0.2) is 4.98 Å². The molecule has 2 aromatic heterocycles. The summed E-state index contributed by atoms with van der Waals surface area (Å²) in [6, 6.07) is 3.67. The minimum Gasteiger partial charge on any atom is -0.459 e. The number of halogens is 2. The van der Waals surface area contributed by atoms with E-state index in [9.17, 15) is 0 Å². The molecule has 0 saturated carbocycles. The lowest BCUT2D eigenvalue weighted by molar-refractivity contribution is 0.482. The molecule has 3 heterocycles. The van der Waals surface area contributed by atoms with E-state index in [-0.39, 0.29) is 5.92 Å². The van der Waals surface area contributed by atoms with Gasteiger partial charge in [0.15, 0.2) is 5.58 Å². The monoisotopic (exact) mass is 320 g/mol. The van der Waals surface area contributed by atoms with Crippen molar-refractivity contribution in [3.05, 3.63) is 51.7 Å². The normalized spacial score (nSPS) is 18.1. The maximum absolute atomic E-state index is 6.27. The number of aryl methyl sites for hydroxylation is 2. The fourth-order valence-corrected chi connectivity index (χ4v) is 3.94. The van der Waals surface area contributed by atoms with Gasteiger partial charge in [0.1, 0.15) is 5.76 Å². The fraction of sp³-hybridized carbons (Fsp3) is 0.312. The molecule has 3 nitrogen and oxygen atoms in total. The van der Waals surface area contributed by atoms with Crippen LogP contribution >= 0.6 is 23.2 Å². The van der Waals surface area contributed by atoms with Crippen molar-refractivity contribution in [3.63, 3.8) is 0 Å². The van der Waals surface area contributed by atoms with Crippen LogP contribution in [0.1, 0.15) is 35.8 Å². The topological polar surface area (TPSA) is 31.0 Å². The van der Waals surface area contributed by atoms with E-state index in [1.807, 2.05) is 25.5 Å². The van der Waals surface area contributed by atoms with Gasteiger partial charge in [0.25, 0.3) is 0 Å². The van der Waals surface area contributed by atoms with Crippen molar-refractivity contribution >= 4 is 34.2 Å². The lowest BCUT2D eigenvalue weighted by Gasteiger charge is -2.24. The van der Waals surface area contributed by atoms with Gasteiger partial charge in [0.05, 0.1) is 11.3 Å². The van der Waals surface area contributed by atoms with E-state index in [1.54, 1.807) is 6.07 Å². The van der Waals surface area contributed by atoms with E-state index in [1.165, 1.54) is 11.3 Å². The van der Waals surface area contributed by atoms with Crippen molar-refractivity contribution in [1.82, 2.24) is 9.55 Å².